The molecular formula is C19H17N5O. The van der Waals surface area contributed by atoms with Crippen molar-refractivity contribution in [2.45, 2.75) is 13.0 Å². The van der Waals surface area contributed by atoms with Gasteiger partial charge in [0.15, 0.2) is 5.82 Å². The molecule has 2 aromatic carbocycles. The second kappa shape index (κ2) is 5.53. The standard InChI is InChI=1S/C19H17N5O/c25-19-14-6-3-7-15-17(14)18(22-23-19)21-16(20-15)11-24-9-8-12-4-1-2-5-13(12)10-24/h1-7H,8-11H2,(H,23,25)(H,20,21,22). The Morgan fingerprint density at radius 2 is 1.96 bits per heavy atom. The fourth-order valence-corrected chi connectivity index (χ4v) is 3.67. The number of amidine groups is 1. The number of hydrogen-bond acceptors (Lipinski definition) is 5. The van der Waals surface area contributed by atoms with Gasteiger partial charge >= 0.3 is 0 Å². The number of aromatic nitrogens is 2. The molecule has 0 fully saturated rings. The van der Waals surface area contributed by atoms with Gasteiger partial charge in [0.2, 0.25) is 0 Å². The van der Waals surface area contributed by atoms with Crippen LogP contribution in [0.2, 0.25) is 0 Å². The maximum Gasteiger partial charge on any atom is 0.272 e. The summed E-state index contributed by atoms with van der Waals surface area (Å²) in [6, 6.07) is 14.2. The molecule has 6 nitrogen and oxygen atoms in total. The zero-order valence-electron chi connectivity index (χ0n) is 13.6. The first-order chi connectivity index (χ1) is 12.3. The molecule has 0 saturated heterocycles. The van der Waals surface area contributed by atoms with Crippen LogP contribution in [0.1, 0.15) is 11.1 Å². The lowest BCUT2D eigenvalue weighted by Gasteiger charge is -2.30. The van der Waals surface area contributed by atoms with E-state index in [4.69, 9.17) is 4.99 Å². The number of nitrogens with one attached hydrogen (secondary N) is 2. The second-order valence-corrected chi connectivity index (χ2v) is 6.51. The Morgan fingerprint density at radius 1 is 1.08 bits per heavy atom. The van der Waals surface area contributed by atoms with Gasteiger partial charge in [0.1, 0.15) is 5.84 Å². The molecule has 2 aliphatic rings. The quantitative estimate of drug-likeness (QED) is 0.756. The van der Waals surface area contributed by atoms with E-state index in [1.54, 1.807) is 6.07 Å². The minimum atomic E-state index is -0.186. The Morgan fingerprint density at radius 3 is 2.88 bits per heavy atom. The normalized spacial score (nSPS) is 16.2. The van der Waals surface area contributed by atoms with Crippen molar-refractivity contribution in [3.8, 4) is 0 Å². The van der Waals surface area contributed by atoms with Crippen molar-refractivity contribution in [3.63, 3.8) is 0 Å². The van der Waals surface area contributed by atoms with Crippen molar-refractivity contribution in [2.75, 3.05) is 18.4 Å². The van der Waals surface area contributed by atoms with Crippen LogP contribution in [0.5, 0.6) is 0 Å². The first-order valence-electron chi connectivity index (χ1n) is 8.43. The molecule has 25 heavy (non-hydrogen) atoms. The third-order valence-corrected chi connectivity index (χ3v) is 4.89. The van der Waals surface area contributed by atoms with E-state index in [-0.39, 0.29) is 5.56 Å². The van der Waals surface area contributed by atoms with E-state index in [9.17, 15) is 4.79 Å². The smallest absolute Gasteiger partial charge is 0.272 e. The molecule has 1 aromatic heterocycles. The molecule has 0 aliphatic carbocycles. The summed E-state index contributed by atoms with van der Waals surface area (Å²) in [6.07, 6.45) is 1.06. The average Bonchev–Trinajstić information content (AvgIpc) is 2.64. The molecule has 0 unspecified atom stereocenters. The predicted molar refractivity (Wildman–Crippen MR) is 98.5 cm³/mol. The molecular weight excluding hydrogens is 314 g/mol. The first kappa shape index (κ1) is 14.4. The van der Waals surface area contributed by atoms with Gasteiger partial charge in [0, 0.05) is 13.1 Å². The summed E-state index contributed by atoms with van der Waals surface area (Å²) in [4.78, 5) is 19.0. The van der Waals surface area contributed by atoms with Gasteiger partial charge in [-0.3, -0.25) is 9.69 Å². The third kappa shape index (κ3) is 2.42. The zero-order chi connectivity index (χ0) is 16.8. The third-order valence-electron chi connectivity index (χ3n) is 4.89. The van der Waals surface area contributed by atoms with Gasteiger partial charge in [-0.1, -0.05) is 30.3 Å². The summed E-state index contributed by atoms with van der Waals surface area (Å²) in [5.41, 5.74) is 3.44. The SMILES string of the molecule is O=c1[nH]nc2c3c(cccc13)N=C(CN1CCc3ccccc3C1)N2. The van der Waals surface area contributed by atoms with E-state index >= 15 is 0 Å². The van der Waals surface area contributed by atoms with Crippen molar-refractivity contribution < 1.29 is 0 Å². The lowest BCUT2D eigenvalue weighted by atomic mass is 10.00. The highest BCUT2D eigenvalue weighted by molar-refractivity contribution is 6.12. The van der Waals surface area contributed by atoms with Crippen LogP contribution in [0.25, 0.3) is 10.8 Å². The minimum Gasteiger partial charge on any atom is -0.325 e. The summed E-state index contributed by atoms with van der Waals surface area (Å²) >= 11 is 0. The molecule has 5 rings (SSSR count). The lowest BCUT2D eigenvalue weighted by molar-refractivity contribution is 0.290. The summed E-state index contributed by atoms with van der Waals surface area (Å²) in [5.74, 6) is 1.53. The van der Waals surface area contributed by atoms with Crippen LogP contribution in [-0.2, 0) is 13.0 Å². The Labute approximate surface area is 144 Å². The molecule has 0 atom stereocenters. The summed E-state index contributed by atoms with van der Waals surface area (Å²) < 4.78 is 0. The van der Waals surface area contributed by atoms with Crippen molar-refractivity contribution in [1.29, 1.82) is 0 Å². The zero-order valence-corrected chi connectivity index (χ0v) is 13.6. The van der Waals surface area contributed by atoms with Crippen LogP contribution < -0.4 is 10.9 Å². The molecule has 2 aliphatic heterocycles. The molecule has 0 saturated carbocycles. The molecule has 3 heterocycles. The first-order valence-corrected chi connectivity index (χ1v) is 8.43. The number of anilines is 1. The van der Waals surface area contributed by atoms with Crippen LogP contribution in [0, 0.1) is 0 Å². The Kier molecular flexibility index (Phi) is 3.18. The minimum absolute atomic E-state index is 0.186. The fraction of sp³-hybridized carbons (Fsp3) is 0.211. The number of nitrogens with zero attached hydrogens (tertiary/aromatic N) is 3. The highest BCUT2D eigenvalue weighted by Crippen LogP contribution is 2.32. The van der Waals surface area contributed by atoms with Gasteiger partial charge in [-0.25, -0.2) is 10.1 Å². The second-order valence-electron chi connectivity index (χ2n) is 6.51. The number of aromatic amines is 1. The molecule has 124 valence electrons. The van der Waals surface area contributed by atoms with Gasteiger partial charge in [0.05, 0.1) is 23.0 Å². The number of rotatable bonds is 2. The van der Waals surface area contributed by atoms with Crippen LogP contribution in [0.4, 0.5) is 11.5 Å². The number of H-pyrrole nitrogens is 1. The Balaban J connectivity index is 1.46. The van der Waals surface area contributed by atoms with Crippen molar-refractivity contribution in [2.24, 2.45) is 4.99 Å². The lowest BCUT2D eigenvalue weighted by Crippen LogP contribution is -2.38. The van der Waals surface area contributed by atoms with Gasteiger partial charge in [0.25, 0.3) is 5.56 Å². The molecule has 0 spiro atoms. The monoisotopic (exact) mass is 331 g/mol. The van der Waals surface area contributed by atoms with E-state index in [1.165, 1.54) is 11.1 Å². The Hall–Kier alpha value is -2.99. The van der Waals surface area contributed by atoms with Crippen molar-refractivity contribution in [3.05, 3.63) is 63.9 Å². The van der Waals surface area contributed by atoms with Gasteiger partial charge in [-0.2, -0.15) is 5.10 Å². The van der Waals surface area contributed by atoms with E-state index in [1.807, 2.05) is 12.1 Å². The van der Waals surface area contributed by atoms with Gasteiger partial charge in [-0.15, -0.1) is 0 Å². The fourth-order valence-electron chi connectivity index (χ4n) is 3.67. The van der Waals surface area contributed by atoms with Gasteiger partial charge in [-0.05, 0) is 29.7 Å². The summed E-state index contributed by atoms with van der Waals surface area (Å²) in [6.45, 7) is 2.66. The van der Waals surface area contributed by atoms with E-state index in [0.717, 1.165) is 43.0 Å². The largest absolute Gasteiger partial charge is 0.325 e. The number of benzene rings is 2. The molecule has 0 radical (unpaired) electrons. The Bertz CT molecular complexity index is 1070. The predicted octanol–water partition coefficient (Wildman–Crippen LogP) is 2.44. The van der Waals surface area contributed by atoms with Crippen LogP contribution >= 0.6 is 0 Å². The summed E-state index contributed by atoms with van der Waals surface area (Å²) in [5, 5.41) is 11.4. The molecule has 0 amide bonds. The van der Waals surface area contributed by atoms with Crippen LogP contribution in [-0.4, -0.2) is 34.0 Å². The van der Waals surface area contributed by atoms with Crippen molar-refractivity contribution >= 4 is 28.1 Å². The summed E-state index contributed by atoms with van der Waals surface area (Å²) in [7, 11) is 0. The topological polar surface area (TPSA) is 73.4 Å². The van der Waals surface area contributed by atoms with Gasteiger partial charge < -0.3 is 5.32 Å². The average molecular weight is 331 g/mol. The van der Waals surface area contributed by atoms with E-state index in [0.29, 0.717) is 11.2 Å². The number of aliphatic imine (C=N–C) groups is 1. The number of hydrogen-bond donors (Lipinski definition) is 2. The maximum absolute atomic E-state index is 11.9. The highest BCUT2D eigenvalue weighted by atomic mass is 16.1. The van der Waals surface area contributed by atoms with Crippen LogP contribution in [0.15, 0.2) is 52.3 Å². The molecule has 6 heteroatoms. The molecule has 2 N–H and O–H groups in total. The molecule has 3 aromatic rings. The van der Waals surface area contributed by atoms with E-state index in [2.05, 4.69) is 44.7 Å². The van der Waals surface area contributed by atoms with Crippen molar-refractivity contribution in [1.82, 2.24) is 15.1 Å². The number of fused-ring (bicyclic) bond motifs is 1. The van der Waals surface area contributed by atoms with Crippen LogP contribution in [0.3, 0.4) is 0 Å². The van der Waals surface area contributed by atoms with E-state index < -0.39 is 0 Å². The maximum atomic E-state index is 11.9. The molecule has 0 bridgehead atoms. The highest BCUT2D eigenvalue weighted by Gasteiger charge is 2.21.